The molecular formula is C13H22F2N2O. The Labute approximate surface area is 108 Å². The highest BCUT2D eigenvalue weighted by Gasteiger charge is 2.12. The number of halogens is 2. The minimum atomic E-state index is -2.58. The molecule has 0 atom stereocenters. The van der Waals surface area contributed by atoms with Crippen LogP contribution in [0.25, 0.3) is 0 Å². The molecule has 0 aliphatic heterocycles. The van der Waals surface area contributed by atoms with Crippen LogP contribution in [0.2, 0.25) is 0 Å². The molecule has 18 heavy (non-hydrogen) atoms. The van der Waals surface area contributed by atoms with Gasteiger partial charge < -0.3 is 4.90 Å². The van der Waals surface area contributed by atoms with Crippen LogP contribution >= 0.6 is 0 Å². The lowest BCUT2D eigenvalue weighted by Crippen LogP contribution is -2.20. The van der Waals surface area contributed by atoms with Crippen molar-refractivity contribution in [3.63, 3.8) is 0 Å². The summed E-state index contributed by atoms with van der Waals surface area (Å²) in [6.07, 6.45) is -1.30. The first-order valence-corrected chi connectivity index (χ1v) is 5.75. The van der Waals surface area contributed by atoms with Gasteiger partial charge in [-0.3, -0.25) is 0 Å². The van der Waals surface area contributed by atoms with E-state index in [1.54, 1.807) is 11.9 Å². The fraction of sp³-hybridized carbons (Fsp3) is 0.538. The van der Waals surface area contributed by atoms with Gasteiger partial charge in [0.1, 0.15) is 0 Å². The molecule has 0 N–H and O–H groups in total. The first kappa shape index (κ1) is 18.8. The predicted octanol–water partition coefficient (Wildman–Crippen LogP) is 3.99. The fourth-order valence-electron chi connectivity index (χ4n) is 0.997. The number of nitrogens with zero attached hydrogens (tertiary/aromatic N) is 2. The van der Waals surface area contributed by atoms with Crippen LogP contribution in [0.15, 0.2) is 41.3 Å². The molecule has 0 heterocycles. The van der Waals surface area contributed by atoms with Gasteiger partial charge in [-0.1, -0.05) is 32.2 Å². The molecule has 0 fully saturated rings. The van der Waals surface area contributed by atoms with E-state index in [1.165, 1.54) is 13.0 Å². The lowest BCUT2D eigenvalue weighted by molar-refractivity contribution is 0.192. The molecule has 0 aliphatic carbocycles. The van der Waals surface area contributed by atoms with E-state index in [9.17, 15) is 13.7 Å². The lowest BCUT2D eigenvalue weighted by atomic mass is 10.1. The fourth-order valence-corrected chi connectivity index (χ4v) is 0.997. The molecule has 0 saturated heterocycles. The van der Waals surface area contributed by atoms with Gasteiger partial charge in [-0.2, -0.15) is 4.91 Å². The van der Waals surface area contributed by atoms with Crippen LogP contribution in [0.4, 0.5) is 8.78 Å². The molecule has 0 bridgehead atoms. The maximum atomic E-state index is 12.6. The quantitative estimate of drug-likeness (QED) is 0.512. The molecule has 0 rings (SSSR count). The zero-order chi connectivity index (χ0) is 14.7. The van der Waals surface area contributed by atoms with Crippen LogP contribution in [0.5, 0.6) is 0 Å². The number of likely N-dealkylation sites (N-methyl/N-ethyl adjacent to an activating group) is 1. The maximum Gasteiger partial charge on any atom is 0.264 e. The summed E-state index contributed by atoms with van der Waals surface area (Å²) in [4.78, 5) is 11.5. The molecule has 0 saturated carbocycles. The molecule has 0 spiro atoms. The molecule has 0 aromatic heterocycles. The Morgan fingerprint density at radius 1 is 1.39 bits per heavy atom. The Morgan fingerprint density at radius 2 is 1.89 bits per heavy atom. The van der Waals surface area contributed by atoms with Gasteiger partial charge in [-0.15, -0.1) is 0 Å². The average molecular weight is 260 g/mol. The third-order valence-corrected chi connectivity index (χ3v) is 2.07. The summed E-state index contributed by atoms with van der Waals surface area (Å²) in [5.74, 6) is 0. The molecule has 0 amide bonds. The molecule has 5 heteroatoms. The Bertz CT molecular complexity index is 312. The summed E-state index contributed by atoms with van der Waals surface area (Å²) in [6, 6.07) is 0. The third kappa shape index (κ3) is 7.70. The van der Waals surface area contributed by atoms with Crippen LogP contribution in [-0.4, -0.2) is 31.5 Å². The van der Waals surface area contributed by atoms with Gasteiger partial charge in [0, 0.05) is 24.9 Å². The van der Waals surface area contributed by atoms with Crippen molar-refractivity contribution >= 4 is 0 Å². The summed E-state index contributed by atoms with van der Waals surface area (Å²) in [6.45, 7) is 13.1. The van der Waals surface area contributed by atoms with E-state index in [-0.39, 0.29) is 12.1 Å². The maximum absolute atomic E-state index is 12.6. The van der Waals surface area contributed by atoms with E-state index in [2.05, 4.69) is 18.3 Å². The van der Waals surface area contributed by atoms with Gasteiger partial charge in [-0.25, -0.2) is 8.78 Å². The Hall–Kier alpha value is -1.52. The van der Waals surface area contributed by atoms with E-state index in [1.807, 2.05) is 13.8 Å². The normalized spacial score (nSPS) is 10.5. The van der Waals surface area contributed by atoms with Crippen LogP contribution in [0.3, 0.4) is 0 Å². The Kier molecular flexibility index (Phi) is 11.1. The standard InChI is InChI=1S/C11H16F2N2O.C2H6/c1-8(2)10(11(12)13)7-9(3)15(4)6-5-14-16;1-2/h7,11H,1,3,5-6H2,2,4H3;1-2H3/b10-7+;. The van der Waals surface area contributed by atoms with E-state index in [4.69, 9.17) is 0 Å². The van der Waals surface area contributed by atoms with Gasteiger partial charge in [-0.05, 0) is 18.6 Å². The third-order valence-electron chi connectivity index (χ3n) is 2.07. The Morgan fingerprint density at radius 3 is 2.22 bits per heavy atom. The van der Waals surface area contributed by atoms with Crippen LogP contribution < -0.4 is 0 Å². The van der Waals surface area contributed by atoms with Gasteiger partial charge in [0.25, 0.3) is 6.43 Å². The second kappa shape index (κ2) is 10.6. The average Bonchev–Trinajstić information content (AvgIpc) is 2.34. The molecule has 0 aliphatic rings. The highest BCUT2D eigenvalue weighted by atomic mass is 19.3. The summed E-state index contributed by atoms with van der Waals surface area (Å²) < 4.78 is 25.1. The predicted molar refractivity (Wildman–Crippen MR) is 72.7 cm³/mol. The van der Waals surface area contributed by atoms with Crippen LogP contribution in [-0.2, 0) is 0 Å². The topological polar surface area (TPSA) is 32.7 Å². The molecular weight excluding hydrogens is 238 g/mol. The lowest BCUT2D eigenvalue weighted by Gasteiger charge is -2.18. The van der Waals surface area contributed by atoms with Gasteiger partial charge in [0.15, 0.2) is 0 Å². The zero-order valence-corrected chi connectivity index (χ0v) is 11.5. The molecule has 104 valence electrons. The van der Waals surface area contributed by atoms with Gasteiger partial charge in [0.2, 0.25) is 0 Å². The summed E-state index contributed by atoms with van der Waals surface area (Å²) in [7, 11) is 1.66. The molecule has 3 nitrogen and oxygen atoms in total. The molecule has 0 radical (unpaired) electrons. The highest BCUT2D eigenvalue weighted by molar-refractivity contribution is 5.34. The van der Waals surface area contributed by atoms with Crippen molar-refractivity contribution in [2.75, 3.05) is 20.1 Å². The number of allylic oxidation sites excluding steroid dienone is 3. The number of hydrogen-bond acceptors (Lipinski definition) is 3. The largest absolute Gasteiger partial charge is 0.373 e. The van der Waals surface area contributed by atoms with E-state index in [0.717, 1.165) is 0 Å². The van der Waals surface area contributed by atoms with Gasteiger partial charge in [0.05, 0.1) is 6.54 Å². The van der Waals surface area contributed by atoms with Crippen molar-refractivity contribution in [3.05, 3.63) is 41.0 Å². The second-order valence-electron chi connectivity index (χ2n) is 3.45. The minimum Gasteiger partial charge on any atom is -0.373 e. The van der Waals surface area contributed by atoms with E-state index < -0.39 is 6.43 Å². The molecule has 0 aromatic carbocycles. The van der Waals surface area contributed by atoms with E-state index in [0.29, 0.717) is 17.8 Å². The zero-order valence-electron chi connectivity index (χ0n) is 11.5. The van der Waals surface area contributed by atoms with E-state index >= 15 is 0 Å². The first-order chi connectivity index (χ1) is 8.40. The monoisotopic (exact) mass is 260 g/mol. The smallest absolute Gasteiger partial charge is 0.264 e. The van der Waals surface area contributed by atoms with Crippen molar-refractivity contribution in [2.45, 2.75) is 27.2 Å². The minimum absolute atomic E-state index is 0.0977. The van der Waals surface area contributed by atoms with Crippen LogP contribution in [0, 0.1) is 4.91 Å². The van der Waals surface area contributed by atoms with Gasteiger partial charge >= 0.3 is 0 Å². The summed E-state index contributed by atoms with van der Waals surface area (Å²) >= 11 is 0. The van der Waals surface area contributed by atoms with Crippen molar-refractivity contribution in [2.24, 2.45) is 5.18 Å². The van der Waals surface area contributed by atoms with Crippen molar-refractivity contribution in [1.29, 1.82) is 0 Å². The van der Waals surface area contributed by atoms with Crippen LogP contribution in [0.1, 0.15) is 20.8 Å². The number of nitroso groups, excluding NO2 is 1. The number of alkyl halides is 2. The SMILES string of the molecule is C=C(C)/C(=C\C(=C)N(C)CCN=O)C(F)F.CC. The highest BCUT2D eigenvalue weighted by Crippen LogP contribution is 2.19. The second-order valence-corrected chi connectivity index (χ2v) is 3.45. The summed E-state index contributed by atoms with van der Waals surface area (Å²) in [5.41, 5.74) is 0.566. The number of hydrogen-bond donors (Lipinski definition) is 0. The Balaban J connectivity index is 0. The molecule has 0 unspecified atom stereocenters. The summed E-state index contributed by atoms with van der Waals surface area (Å²) in [5, 5.41) is 2.69. The number of rotatable bonds is 7. The first-order valence-electron chi connectivity index (χ1n) is 5.75. The van der Waals surface area contributed by atoms with Crippen molar-refractivity contribution in [1.82, 2.24) is 4.90 Å². The van der Waals surface area contributed by atoms with Crippen molar-refractivity contribution < 1.29 is 8.78 Å². The molecule has 0 aromatic rings. The van der Waals surface area contributed by atoms with Crippen molar-refractivity contribution in [3.8, 4) is 0 Å².